The molecule has 3 heteroatoms. The van der Waals surface area contributed by atoms with Gasteiger partial charge in [0.1, 0.15) is 0 Å². The van der Waals surface area contributed by atoms with Gasteiger partial charge in [0.15, 0.2) is 0 Å². The number of nitrogens with zero attached hydrogens (tertiary/aromatic N) is 2. The number of imidazole rings is 1. The zero-order chi connectivity index (χ0) is 10.5. The zero-order valence-corrected chi connectivity index (χ0v) is 8.63. The molecule has 1 aromatic carbocycles. The minimum atomic E-state index is 0.655. The minimum Gasteiger partial charge on any atom is -0.333 e. The Morgan fingerprint density at radius 3 is 2.73 bits per heavy atom. The third-order valence-corrected chi connectivity index (χ3v) is 2.30. The number of hydrogen-bond donors (Lipinski definition) is 1. The summed E-state index contributed by atoms with van der Waals surface area (Å²) in [5.41, 5.74) is 7.82. The smallest absolute Gasteiger partial charge is 0.0952 e. The number of nitrogens with two attached hydrogens (primary N) is 1. The Hall–Kier alpha value is -1.61. The second-order valence-corrected chi connectivity index (χ2v) is 3.56. The molecule has 0 unspecified atom stereocenters. The van der Waals surface area contributed by atoms with E-state index in [9.17, 15) is 0 Å². The first-order valence-electron chi connectivity index (χ1n) is 5.13. The molecule has 0 aliphatic rings. The highest BCUT2D eigenvalue weighted by molar-refractivity contribution is 5.15. The summed E-state index contributed by atoms with van der Waals surface area (Å²) in [7, 11) is 0. The average Bonchev–Trinajstić information content (AvgIpc) is 2.68. The Labute approximate surface area is 89.6 Å². The lowest BCUT2D eigenvalue weighted by molar-refractivity contribution is 0.795. The van der Waals surface area contributed by atoms with Gasteiger partial charge < -0.3 is 10.3 Å². The highest BCUT2D eigenvalue weighted by atomic mass is 15.0. The van der Waals surface area contributed by atoms with Crippen LogP contribution in [0.15, 0.2) is 42.9 Å². The Balaban J connectivity index is 2.05. The number of aromatic nitrogens is 2. The highest BCUT2D eigenvalue weighted by Gasteiger charge is 1.98. The van der Waals surface area contributed by atoms with E-state index in [1.54, 1.807) is 0 Å². The summed E-state index contributed by atoms with van der Waals surface area (Å²) >= 11 is 0. The van der Waals surface area contributed by atoms with Gasteiger partial charge in [0.2, 0.25) is 0 Å². The van der Waals surface area contributed by atoms with Gasteiger partial charge in [-0.3, -0.25) is 0 Å². The van der Waals surface area contributed by atoms with Crippen molar-refractivity contribution in [2.24, 2.45) is 5.73 Å². The van der Waals surface area contributed by atoms with Crippen LogP contribution in [0.2, 0.25) is 0 Å². The molecule has 0 saturated carbocycles. The second-order valence-electron chi connectivity index (χ2n) is 3.56. The maximum absolute atomic E-state index is 5.47. The van der Waals surface area contributed by atoms with Crippen molar-refractivity contribution in [3.05, 3.63) is 54.1 Å². The molecule has 0 amide bonds. The maximum atomic E-state index is 5.47. The van der Waals surface area contributed by atoms with Crippen molar-refractivity contribution in [2.45, 2.75) is 13.0 Å². The Bertz CT molecular complexity index is 406. The molecule has 1 heterocycles. The van der Waals surface area contributed by atoms with Gasteiger partial charge in [-0.2, -0.15) is 0 Å². The fourth-order valence-corrected chi connectivity index (χ4v) is 1.56. The first-order chi connectivity index (χ1) is 7.38. The van der Waals surface area contributed by atoms with Crippen LogP contribution in [0, 0.1) is 0 Å². The lowest BCUT2D eigenvalue weighted by Crippen LogP contribution is -2.02. The van der Waals surface area contributed by atoms with E-state index in [1.807, 2.05) is 24.5 Å². The van der Waals surface area contributed by atoms with Crippen LogP contribution in [0.5, 0.6) is 0 Å². The maximum Gasteiger partial charge on any atom is 0.0952 e. The zero-order valence-electron chi connectivity index (χ0n) is 8.63. The standard InChI is InChI=1S/C12H15N3/c13-7-6-12-9-15(10-14-12)8-11-4-2-1-3-5-11/h1-5,9-10H,6-8,13H2. The Kier molecular flexibility index (Phi) is 3.15. The van der Waals surface area contributed by atoms with Gasteiger partial charge in [0, 0.05) is 19.2 Å². The quantitative estimate of drug-likeness (QED) is 0.813. The molecule has 0 aliphatic carbocycles. The van der Waals surface area contributed by atoms with Gasteiger partial charge in [-0.25, -0.2) is 4.98 Å². The van der Waals surface area contributed by atoms with Crippen LogP contribution in [-0.4, -0.2) is 16.1 Å². The molecule has 15 heavy (non-hydrogen) atoms. The van der Waals surface area contributed by atoms with E-state index in [0.717, 1.165) is 18.7 Å². The Morgan fingerprint density at radius 2 is 2.00 bits per heavy atom. The number of benzene rings is 1. The summed E-state index contributed by atoms with van der Waals surface area (Å²) in [5.74, 6) is 0. The van der Waals surface area contributed by atoms with Crippen LogP contribution >= 0.6 is 0 Å². The van der Waals surface area contributed by atoms with E-state index < -0.39 is 0 Å². The van der Waals surface area contributed by atoms with Crippen molar-refractivity contribution in [3.8, 4) is 0 Å². The lowest BCUT2D eigenvalue weighted by Gasteiger charge is -2.01. The summed E-state index contributed by atoms with van der Waals surface area (Å²) in [6.45, 7) is 1.53. The molecule has 0 radical (unpaired) electrons. The first kappa shape index (κ1) is 9.93. The molecule has 1 aromatic heterocycles. The van der Waals surface area contributed by atoms with Crippen LogP contribution in [-0.2, 0) is 13.0 Å². The van der Waals surface area contributed by atoms with Crippen LogP contribution < -0.4 is 5.73 Å². The molecule has 0 saturated heterocycles. The van der Waals surface area contributed by atoms with E-state index >= 15 is 0 Å². The topological polar surface area (TPSA) is 43.8 Å². The lowest BCUT2D eigenvalue weighted by atomic mass is 10.2. The van der Waals surface area contributed by atoms with Gasteiger partial charge in [0.25, 0.3) is 0 Å². The normalized spacial score (nSPS) is 10.5. The van der Waals surface area contributed by atoms with Gasteiger partial charge in [-0.1, -0.05) is 30.3 Å². The molecule has 0 bridgehead atoms. The molecule has 2 N–H and O–H groups in total. The molecule has 0 spiro atoms. The summed E-state index contributed by atoms with van der Waals surface area (Å²) in [5, 5.41) is 0. The molecule has 78 valence electrons. The fraction of sp³-hybridized carbons (Fsp3) is 0.250. The van der Waals surface area contributed by atoms with Crippen molar-refractivity contribution in [2.75, 3.05) is 6.54 Å². The van der Waals surface area contributed by atoms with Gasteiger partial charge in [0.05, 0.1) is 12.0 Å². The molecular formula is C12H15N3. The second kappa shape index (κ2) is 4.75. The minimum absolute atomic E-state index is 0.655. The summed E-state index contributed by atoms with van der Waals surface area (Å²) in [6.07, 6.45) is 4.76. The third kappa shape index (κ3) is 2.67. The van der Waals surface area contributed by atoms with Crippen LogP contribution in [0.4, 0.5) is 0 Å². The van der Waals surface area contributed by atoms with Crippen molar-refractivity contribution < 1.29 is 0 Å². The monoisotopic (exact) mass is 201 g/mol. The van der Waals surface area contributed by atoms with E-state index in [4.69, 9.17) is 5.73 Å². The largest absolute Gasteiger partial charge is 0.333 e. The molecule has 3 nitrogen and oxygen atoms in total. The third-order valence-electron chi connectivity index (χ3n) is 2.30. The van der Waals surface area contributed by atoms with Crippen molar-refractivity contribution >= 4 is 0 Å². The number of hydrogen-bond acceptors (Lipinski definition) is 2. The SMILES string of the molecule is NCCc1cn(Cc2ccccc2)cn1. The predicted molar refractivity (Wildman–Crippen MR) is 60.5 cm³/mol. The van der Waals surface area contributed by atoms with E-state index in [-0.39, 0.29) is 0 Å². The summed E-state index contributed by atoms with van der Waals surface area (Å²) in [6, 6.07) is 10.3. The number of rotatable bonds is 4. The van der Waals surface area contributed by atoms with E-state index in [2.05, 4.69) is 27.9 Å². The van der Waals surface area contributed by atoms with E-state index in [1.165, 1.54) is 5.56 Å². The first-order valence-corrected chi connectivity index (χ1v) is 5.13. The molecule has 0 aliphatic heterocycles. The van der Waals surface area contributed by atoms with E-state index in [0.29, 0.717) is 6.54 Å². The van der Waals surface area contributed by atoms with Crippen LogP contribution in [0.3, 0.4) is 0 Å². The van der Waals surface area contributed by atoms with Gasteiger partial charge in [-0.05, 0) is 12.1 Å². The van der Waals surface area contributed by atoms with Crippen LogP contribution in [0.25, 0.3) is 0 Å². The molecular weight excluding hydrogens is 186 g/mol. The van der Waals surface area contributed by atoms with Crippen molar-refractivity contribution in [3.63, 3.8) is 0 Å². The van der Waals surface area contributed by atoms with Gasteiger partial charge >= 0.3 is 0 Å². The molecule has 2 aromatic rings. The Morgan fingerprint density at radius 1 is 1.20 bits per heavy atom. The van der Waals surface area contributed by atoms with Crippen molar-refractivity contribution in [1.29, 1.82) is 0 Å². The highest BCUT2D eigenvalue weighted by Crippen LogP contribution is 2.03. The molecule has 0 fully saturated rings. The van der Waals surface area contributed by atoms with Crippen LogP contribution in [0.1, 0.15) is 11.3 Å². The molecule has 0 atom stereocenters. The summed E-state index contributed by atoms with van der Waals surface area (Å²) < 4.78 is 2.08. The fourth-order valence-electron chi connectivity index (χ4n) is 1.56. The van der Waals surface area contributed by atoms with Gasteiger partial charge in [-0.15, -0.1) is 0 Å². The molecule has 2 rings (SSSR count). The van der Waals surface area contributed by atoms with Crippen molar-refractivity contribution in [1.82, 2.24) is 9.55 Å². The summed E-state index contributed by atoms with van der Waals surface area (Å²) in [4.78, 5) is 4.29. The predicted octanol–water partition coefficient (Wildman–Crippen LogP) is 1.43. The average molecular weight is 201 g/mol.